The first-order chi connectivity index (χ1) is 14.0. The Morgan fingerprint density at radius 1 is 0.800 bits per heavy atom. The summed E-state index contributed by atoms with van der Waals surface area (Å²) in [6.07, 6.45) is 0.0830. The van der Waals surface area contributed by atoms with E-state index in [2.05, 4.69) is 0 Å². The van der Waals surface area contributed by atoms with Crippen molar-refractivity contribution in [1.29, 1.82) is 0 Å². The predicted molar refractivity (Wildman–Crippen MR) is 120 cm³/mol. The van der Waals surface area contributed by atoms with Crippen molar-refractivity contribution in [2.75, 3.05) is 21.3 Å². The van der Waals surface area contributed by atoms with E-state index < -0.39 is 5.54 Å². The SMILES string of the molecule is COc1cc(C(=O)CC(N)(c2ccccc2)c2ccccc2)cc(OC)c1OC.Cl. The van der Waals surface area contributed by atoms with Crippen LogP contribution in [-0.2, 0) is 5.54 Å². The predicted octanol–water partition coefficient (Wildman–Crippen LogP) is 4.61. The second kappa shape index (κ2) is 10.1. The van der Waals surface area contributed by atoms with Crippen LogP contribution in [0.25, 0.3) is 0 Å². The second-order valence-electron chi connectivity index (χ2n) is 6.72. The lowest BCUT2D eigenvalue weighted by Crippen LogP contribution is -2.40. The molecule has 0 aromatic heterocycles. The molecule has 3 aromatic carbocycles. The smallest absolute Gasteiger partial charge is 0.203 e. The monoisotopic (exact) mass is 427 g/mol. The van der Waals surface area contributed by atoms with E-state index in [4.69, 9.17) is 19.9 Å². The van der Waals surface area contributed by atoms with Crippen molar-refractivity contribution in [3.63, 3.8) is 0 Å². The number of carbonyl (C=O) groups is 1. The van der Waals surface area contributed by atoms with E-state index >= 15 is 0 Å². The lowest BCUT2D eigenvalue weighted by molar-refractivity contribution is 0.0959. The van der Waals surface area contributed by atoms with Crippen LogP contribution in [0, 0.1) is 0 Å². The molecule has 3 rings (SSSR count). The normalized spacial score (nSPS) is 10.7. The van der Waals surface area contributed by atoms with Gasteiger partial charge in [-0.05, 0) is 23.3 Å². The fraction of sp³-hybridized carbons (Fsp3) is 0.208. The number of Topliss-reactive ketones (excluding diaryl/α,β-unsaturated/α-hetero) is 1. The van der Waals surface area contributed by atoms with Gasteiger partial charge in [0.05, 0.1) is 26.9 Å². The van der Waals surface area contributed by atoms with Crippen LogP contribution in [0.5, 0.6) is 17.2 Å². The molecule has 0 unspecified atom stereocenters. The fourth-order valence-electron chi connectivity index (χ4n) is 3.44. The molecule has 0 aliphatic rings. The van der Waals surface area contributed by atoms with Crippen molar-refractivity contribution in [1.82, 2.24) is 0 Å². The first-order valence-electron chi connectivity index (χ1n) is 9.26. The molecule has 0 heterocycles. The molecule has 0 saturated carbocycles. The quantitative estimate of drug-likeness (QED) is 0.531. The van der Waals surface area contributed by atoms with Gasteiger partial charge in [-0.15, -0.1) is 12.4 Å². The van der Waals surface area contributed by atoms with Gasteiger partial charge in [-0.2, -0.15) is 0 Å². The van der Waals surface area contributed by atoms with E-state index in [1.165, 1.54) is 21.3 Å². The third-order valence-corrected chi connectivity index (χ3v) is 5.00. The minimum atomic E-state index is -0.972. The minimum Gasteiger partial charge on any atom is -0.493 e. The van der Waals surface area contributed by atoms with Crippen LogP contribution in [0.3, 0.4) is 0 Å². The molecule has 0 aliphatic heterocycles. The number of halogens is 1. The average Bonchev–Trinajstić information content (AvgIpc) is 2.78. The van der Waals surface area contributed by atoms with Crippen molar-refractivity contribution >= 4 is 18.2 Å². The number of rotatable bonds is 8. The topological polar surface area (TPSA) is 70.8 Å². The van der Waals surface area contributed by atoms with Gasteiger partial charge in [-0.1, -0.05) is 60.7 Å². The Balaban J connectivity index is 0.00000320. The molecular formula is C24H26ClNO4. The zero-order valence-corrected chi connectivity index (χ0v) is 18.1. The van der Waals surface area contributed by atoms with Gasteiger partial charge in [0.1, 0.15) is 0 Å². The summed E-state index contributed by atoms with van der Waals surface area (Å²) in [7, 11) is 4.57. The molecule has 6 heteroatoms. The van der Waals surface area contributed by atoms with Gasteiger partial charge in [-0.3, -0.25) is 4.79 Å². The van der Waals surface area contributed by atoms with E-state index in [-0.39, 0.29) is 24.6 Å². The third kappa shape index (κ3) is 4.58. The van der Waals surface area contributed by atoms with E-state index in [1.807, 2.05) is 60.7 Å². The number of nitrogens with two attached hydrogens (primary N) is 1. The minimum absolute atomic E-state index is 0. The van der Waals surface area contributed by atoms with Crippen LogP contribution in [0.2, 0.25) is 0 Å². The van der Waals surface area contributed by atoms with Gasteiger partial charge in [-0.25, -0.2) is 0 Å². The van der Waals surface area contributed by atoms with Crippen LogP contribution >= 0.6 is 12.4 Å². The van der Waals surface area contributed by atoms with Crippen LogP contribution in [0.4, 0.5) is 0 Å². The molecule has 158 valence electrons. The summed E-state index contributed by atoms with van der Waals surface area (Å²) in [6, 6.07) is 22.6. The zero-order valence-electron chi connectivity index (χ0n) is 17.3. The maximum atomic E-state index is 13.3. The first kappa shape index (κ1) is 23.3. The summed E-state index contributed by atoms with van der Waals surface area (Å²) in [4.78, 5) is 13.3. The van der Waals surface area contributed by atoms with Gasteiger partial charge in [0, 0.05) is 12.0 Å². The van der Waals surface area contributed by atoms with Crippen LogP contribution in [0.1, 0.15) is 27.9 Å². The Labute approximate surface area is 183 Å². The number of hydrogen-bond acceptors (Lipinski definition) is 5. The van der Waals surface area contributed by atoms with Crippen LogP contribution < -0.4 is 19.9 Å². The number of methoxy groups -OCH3 is 3. The van der Waals surface area contributed by atoms with Gasteiger partial charge in [0.2, 0.25) is 5.75 Å². The molecule has 0 saturated heterocycles. The molecular weight excluding hydrogens is 402 g/mol. The largest absolute Gasteiger partial charge is 0.493 e. The standard InChI is InChI=1S/C24H25NO4.ClH/c1-27-21-14-17(15-22(28-2)23(21)29-3)20(26)16-24(25,18-10-6-4-7-11-18)19-12-8-5-9-13-19;/h4-15H,16,25H2,1-3H3;1H. The lowest BCUT2D eigenvalue weighted by Gasteiger charge is -2.30. The van der Waals surface area contributed by atoms with Crippen molar-refractivity contribution in [2.45, 2.75) is 12.0 Å². The molecule has 5 nitrogen and oxygen atoms in total. The van der Waals surface area contributed by atoms with Gasteiger partial charge in [0.25, 0.3) is 0 Å². The summed E-state index contributed by atoms with van der Waals surface area (Å²) in [5, 5.41) is 0. The van der Waals surface area contributed by atoms with Crippen LogP contribution in [-0.4, -0.2) is 27.1 Å². The number of ether oxygens (including phenoxy) is 3. The first-order valence-corrected chi connectivity index (χ1v) is 9.26. The number of benzene rings is 3. The van der Waals surface area contributed by atoms with Gasteiger partial charge < -0.3 is 19.9 Å². The molecule has 0 radical (unpaired) electrons. The molecule has 0 atom stereocenters. The maximum absolute atomic E-state index is 13.3. The summed E-state index contributed by atoms with van der Waals surface area (Å²) < 4.78 is 16.1. The molecule has 30 heavy (non-hydrogen) atoms. The molecule has 0 spiro atoms. The summed E-state index contributed by atoms with van der Waals surface area (Å²) in [5.41, 5.74) is 8.08. The van der Waals surface area contributed by atoms with Crippen molar-refractivity contribution in [3.8, 4) is 17.2 Å². The Hall–Kier alpha value is -3.02. The average molecular weight is 428 g/mol. The summed E-state index contributed by atoms with van der Waals surface area (Å²) in [5.74, 6) is 1.17. The molecule has 2 N–H and O–H groups in total. The molecule has 3 aromatic rings. The van der Waals surface area contributed by atoms with E-state index in [0.29, 0.717) is 22.8 Å². The molecule has 0 aliphatic carbocycles. The molecule has 0 bridgehead atoms. The van der Waals surface area contributed by atoms with Gasteiger partial charge >= 0.3 is 0 Å². The van der Waals surface area contributed by atoms with Crippen LogP contribution in [0.15, 0.2) is 72.8 Å². The second-order valence-corrected chi connectivity index (χ2v) is 6.72. The maximum Gasteiger partial charge on any atom is 0.203 e. The number of hydrogen-bond donors (Lipinski definition) is 1. The van der Waals surface area contributed by atoms with E-state index in [9.17, 15) is 4.79 Å². The highest BCUT2D eigenvalue weighted by atomic mass is 35.5. The summed E-state index contributed by atoms with van der Waals surface area (Å²) >= 11 is 0. The highest BCUT2D eigenvalue weighted by Gasteiger charge is 2.33. The van der Waals surface area contributed by atoms with Gasteiger partial charge in [0.15, 0.2) is 17.3 Å². The Morgan fingerprint density at radius 3 is 1.60 bits per heavy atom. The number of carbonyl (C=O) groups excluding carboxylic acids is 1. The Kier molecular flexibility index (Phi) is 7.86. The number of ketones is 1. The van der Waals surface area contributed by atoms with Crippen molar-refractivity contribution in [3.05, 3.63) is 89.5 Å². The van der Waals surface area contributed by atoms with E-state index in [0.717, 1.165) is 11.1 Å². The Morgan fingerprint density at radius 2 is 1.23 bits per heavy atom. The van der Waals surface area contributed by atoms with E-state index in [1.54, 1.807) is 12.1 Å². The summed E-state index contributed by atoms with van der Waals surface area (Å²) in [6.45, 7) is 0. The highest BCUT2D eigenvalue weighted by Crippen LogP contribution is 2.39. The molecule has 0 amide bonds. The highest BCUT2D eigenvalue weighted by molar-refractivity contribution is 5.98. The fourth-order valence-corrected chi connectivity index (χ4v) is 3.44. The van der Waals surface area contributed by atoms with Crippen molar-refractivity contribution in [2.24, 2.45) is 5.73 Å². The third-order valence-electron chi connectivity index (χ3n) is 5.00. The molecule has 0 fully saturated rings. The Bertz CT molecular complexity index is 913. The van der Waals surface area contributed by atoms with Crippen molar-refractivity contribution < 1.29 is 19.0 Å². The lowest BCUT2D eigenvalue weighted by atomic mass is 9.79. The zero-order chi connectivity index (χ0) is 20.9.